The second-order valence-corrected chi connectivity index (χ2v) is 5.13. The SMILES string of the molecule is CNC(C)c1ccc(F)c(-c2cccc3ncccc23)c1. The van der Waals surface area contributed by atoms with Crippen molar-refractivity contribution in [1.82, 2.24) is 10.3 Å². The van der Waals surface area contributed by atoms with Crippen LogP contribution >= 0.6 is 0 Å². The number of pyridine rings is 1. The largest absolute Gasteiger partial charge is 0.313 e. The zero-order chi connectivity index (χ0) is 14.8. The molecule has 0 radical (unpaired) electrons. The van der Waals surface area contributed by atoms with Crippen molar-refractivity contribution in [3.05, 3.63) is 66.1 Å². The fourth-order valence-electron chi connectivity index (χ4n) is 2.52. The Morgan fingerprint density at radius 1 is 1.05 bits per heavy atom. The van der Waals surface area contributed by atoms with Gasteiger partial charge in [0.1, 0.15) is 5.82 Å². The van der Waals surface area contributed by atoms with E-state index < -0.39 is 0 Å². The van der Waals surface area contributed by atoms with Crippen LogP contribution in [0.1, 0.15) is 18.5 Å². The summed E-state index contributed by atoms with van der Waals surface area (Å²) in [4.78, 5) is 4.34. The molecule has 3 rings (SSSR count). The molecular formula is C18H17FN2. The fourth-order valence-corrected chi connectivity index (χ4v) is 2.52. The van der Waals surface area contributed by atoms with E-state index in [-0.39, 0.29) is 11.9 Å². The number of rotatable bonds is 3. The number of nitrogens with zero attached hydrogens (tertiary/aromatic N) is 1. The molecule has 0 bridgehead atoms. The fraction of sp³-hybridized carbons (Fsp3) is 0.167. The van der Waals surface area contributed by atoms with Crippen LogP contribution in [0.3, 0.4) is 0 Å². The lowest BCUT2D eigenvalue weighted by Gasteiger charge is -2.14. The first kappa shape index (κ1) is 13.7. The third-order valence-electron chi connectivity index (χ3n) is 3.86. The summed E-state index contributed by atoms with van der Waals surface area (Å²) in [5.74, 6) is -0.210. The topological polar surface area (TPSA) is 24.9 Å². The van der Waals surface area contributed by atoms with Crippen molar-refractivity contribution < 1.29 is 4.39 Å². The molecule has 2 nitrogen and oxygen atoms in total. The minimum atomic E-state index is -0.210. The van der Waals surface area contributed by atoms with Crippen molar-refractivity contribution in [3.63, 3.8) is 0 Å². The van der Waals surface area contributed by atoms with Gasteiger partial charge in [-0.15, -0.1) is 0 Å². The van der Waals surface area contributed by atoms with Crippen LogP contribution in [0.2, 0.25) is 0 Å². The quantitative estimate of drug-likeness (QED) is 0.772. The summed E-state index contributed by atoms with van der Waals surface area (Å²) in [6.45, 7) is 2.06. The van der Waals surface area contributed by atoms with Crippen LogP contribution in [-0.2, 0) is 0 Å². The molecule has 0 fully saturated rings. The molecule has 1 aromatic heterocycles. The van der Waals surface area contributed by atoms with E-state index >= 15 is 0 Å². The molecule has 1 N–H and O–H groups in total. The Morgan fingerprint density at radius 2 is 1.90 bits per heavy atom. The summed E-state index contributed by atoms with van der Waals surface area (Å²) < 4.78 is 14.3. The van der Waals surface area contributed by atoms with Gasteiger partial charge in [0.05, 0.1) is 5.52 Å². The molecular weight excluding hydrogens is 263 g/mol. The smallest absolute Gasteiger partial charge is 0.131 e. The van der Waals surface area contributed by atoms with Crippen LogP contribution < -0.4 is 5.32 Å². The van der Waals surface area contributed by atoms with Crippen molar-refractivity contribution in [2.45, 2.75) is 13.0 Å². The van der Waals surface area contributed by atoms with Gasteiger partial charge in [0.2, 0.25) is 0 Å². The van der Waals surface area contributed by atoms with Crippen LogP contribution in [0.25, 0.3) is 22.0 Å². The van der Waals surface area contributed by atoms with Crippen LogP contribution in [0.5, 0.6) is 0 Å². The van der Waals surface area contributed by atoms with E-state index in [9.17, 15) is 4.39 Å². The van der Waals surface area contributed by atoms with Gasteiger partial charge in [-0.3, -0.25) is 4.98 Å². The molecule has 21 heavy (non-hydrogen) atoms. The number of fused-ring (bicyclic) bond motifs is 1. The van der Waals surface area contributed by atoms with Crippen LogP contribution in [0.15, 0.2) is 54.7 Å². The van der Waals surface area contributed by atoms with Crippen molar-refractivity contribution in [3.8, 4) is 11.1 Å². The Balaban J connectivity index is 2.23. The van der Waals surface area contributed by atoms with Crippen molar-refractivity contribution in [2.24, 2.45) is 0 Å². The molecule has 0 saturated carbocycles. The molecule has 0 aliphatic heterocycles. The molecule has 0 spiro atoms. The van der Waals surface area contributed by atoms with Crippen molar-refractivity contribution in [1.29, 1.82) is 0 Å². The predicted octanol–water partition coefficient (Wildman–Crippen LogP) is 4.32. The molecule has 106 valence electrons. The maximum atomic E-state index is 14.3. The normalized spacial score (nSPS) is 12.5. The van der Waals surface area contributed by atoms with Gasteiger partial charge < -0.3 is 5.32 Å². The number of benzene rings is 2. The lowest BCUT2D eigenvalue weighted by Crippen LogP contribution is -2.12. The molecule has 1 atom stereocenters. The Labute approximate surface area is 123 Å². The molecule has 0 saturated heterocycles. The van der Waals surface area contributed by atoms with Gasteiger partial charge in [-0.2, -0.15) is 0 Å². The Bertz CT molecular complexity index is 778. The summed E-state index contributed by atoms with van der Waals surface area (Å²) in [5, 5.41) is 4.15. The van der Waals surface area contributed by atoms with Gasteiger partial charge in [-0.1, -0.05) is 24.3 Å². The molecule has 3 aromatic rings. The number of hydrogen-bond acceptors (Lipinski definition) is 2. The van der Waals surface area contributed by atoms with Gasteiger partial charge in [-0.05, 0) is 49.4 Å². The molecule has 0 amide bonds. The standard InChI is InChI=1S/C18H17FN2/c1-12(20-2)13-8-9-17(19)16(11-13)14-5-3-7-18-15(14)6-4-10-21-18/h3-12,20H,1-2H3. The highest BCUT2D eigenvalue weighted by Crippen LogP contribution is 2.31. The van der Waals surface area contributed by atoms with E-state index in [1.54, 1.807) is 6.20 Å². The first-order chi connectivity index (χ1) is 10.2. The minimum Gasteiger partial charge on any atom is -0.313 e. The number of aromatic nitrogens is 1. The number of halogens is 1. The average Bonchev–Trinajstić information content (AvgIpc) is 2.54. The van der Waals surface area contributed by atoms with Gasteiger partial charge in [-0.25, -0.2) is 4.39 Å². The highest BCUT2D eigenvalue weighted by molar-refractivity contribution is 5.94. The second kappa shape index (κ2) is 5.62. The highest BCUT2D eigenvalue weighted by atomic mass is 19.1. The number of hydrogen-bond donors (Lipinski definition) is 1. The summed E-state index contributed by atoms with van der Waals surface area (Å²) in [5.41, 5.74) is 3.44. The summed E-state index contributed by atoms with van der Waals surface area (Å²) >= 11 is 0. The number of nitrogens with one attached hydrogen (secondary N) is 1. The van der Waals surface area contributed by atoms with Gasteiger partial charge in [0.15, 0.2) is 0 Å². The van der Waals surface area contributed by atoms with E-state index in [4.69, 9.17) is 0 Å². The van der Waals surface area contributed by atoms with Gasteiger partial charge >= 0.3 is 0 Å². The second-order valence-electron chi connectivity index (χ2n) is 5.13. The van der Waals surface area contributed by atoms with Crippen LogP contribution in [-0.4, -0.2) is 12.0 Å². The molecule has 2 aromatic carbocycles. The third kappa shape index (κ3) is 2.52. The van der Waals surface area contributed by atoms with Crippen molar-refractivity contribution in [2.75, 3.05) is 7.05 Å². The summed E-state index contributed by atoms with van der Waals surface area (Å²) in [7, 11) is 1.90. The minimum absolute atomic E-state index is 0.178. The highest BCUT2D eigenvalue weighted by Gasteiger charge is 2.12. The molecule has 3 heteroatoms. The van der Waals surface area contributed by atoms with Gasteiger partial charge in [0.25, 0.3) is 0 Å². The van der Waals surface area contributed by atoms with Gasteiger partial charge in [0, 0.05) is 23.2 Å². The molecule has 1 unspecified atom stereocenters. The van der Waals surface area contributed by atoms with Crippen molar-refractivity contribution >= 4 is 10.9 Å². The maximum Gasteiger partial charge on any atom is 0.131 e. The monoisotopic (exact) mass is 280 g/mol. The zero-order valence-electron chi connectivity index (χ0n) is 12.1. The predicted molar refractivity (Wildman–Crippen MR) is 84.6 cm³/mol. The molecule has 0 aliphatic carbocycles. The van der Waals surface area contributed by atoms with E-state index in [2.05, 4.69) is 17.2 Å². The first-order valence-electron chi connectivity index (χ1n) is 7.01. The zero-order valence-corrected chi connectivity index (χ0v) is 12.1. The molecule has 0 aliphatic rings. The van der Waals surface area contributed by atoms with Crippen LogP contribution in [0.4, 0.5) is 4.39 Å². The van der Waals surface area contributed by atoms with E-state index in [1.807, 2.05) is 49.5 Å². The van der Waals surface area contributed by atoms with E-state index in [0.717, 1.165) is 22.0 Å². The lowest BCUT2D eigenvalue weighted by atomic mass is 9.96. The van der Waals surface area contributed by atoms with E-state index in [0.29, 0.717) is 5.56 Å². The lowest BCUT2D eigenvalue weighted by molar-refractivity contribution is 0.622. The maximum absolute atomic E-state index is 14.3. The molecule has 1 heterocycles. The Morgan fingerprint density at radius 3 is 2.71 bits per heavy atom. The summed E-state index contributed by atoms with van der Waals surface area (Å²) in [6.07, 6.45) is 1.75. The van der Waals surface area contributed by atoms with Crippen LogP contribution in [0, 0.1) is 5.82 Å². The Kier molecular flexibility index (Phi) is 3.67. The summed E-state index contributed by atoms with van der Waals surface area (Å²) in [6, 6.07) is 15.1. The first-order valence-corrected chi connectivity index (χ1v) is 7.01. The Hall–Kier alpha value is -2.26. The average molecular weight is 280 g/mol. The van der Waals surface area contributed by atoms with E-state index in [1.165, 1.54) is 6.07 Å². The third-order valence-corrected chi connectivity index (χ3v) is 3.86.